The molecule has 1 rings (SSSR count). The van der Waals surface area contributed by atoms with Gasteiger partial charge in [-0.05, 0) is 5.56 Å². The third-order valence-corrected chi connectivity index (χ3v) is 2.21. The van der Waals surface area contributed by atoms with Gasteiger partial charge in [0.05, 0.1) is 6.54 Å². The Morgan fingerprint density at radius 1 is 1.31 bits per heavy atom. The summed E-state index contributed by atoms with van der Waals surface area (Å²) in [4.78, 5) is 13.2. The number of isocyanates is 1. The van der Waals surface area contributed by atoms with Crippen LogP contribution in [0.25, 0.3) is 0 Å². The van der Waals surface area contributed by atoms with Gasteiger partial charge < -0.3 is 0 Å². The summed E-state index contributed by atoms with van der Waals surface area (Å²) in [6.07, 6.45) is 1.40. The molecule has 0 aromatic heterocycles. The second-order valence-corrected chi connectivity index (χ2v) is 3.96. The Kier molecular flexibility index (Phi) is 3.49. The molecule has 0 saturated carbocycles. The quantitative estimate of drug-likeness (QED) is 0.433. The molecule has 0 aliphatic rings. The lowest BCUT2D eigenvalue weighted by Gasteiger charge is -2.16. The normalized spacial score (nSPS) is 10.6. The summed E-state index contributed by atoms with van der Waals surface area (Å²) >= 11 is 11.9. The summed E-state index contributed by atoms with van der Waals surface area (Å²) in [5, 5.41) is 0. The minimum Gasteiger partial charge on any atom is -0.211 e. The van der Waals surface area contributed by atoms with Crippen LogP contribution < -0.4 is 0 Å². The van der Waals surface area contributed by atoms with Crippen LogP contribution in [-0.4, -0.2) is 12.6 Å². The average Bonchev–Trinajstić information content (AvgIpc) is 2.16. The van der Waals surface area contributed by atoms with Crippen LogP contribution >= 0.6 is 23.2 Å². The molecule has 0 unspecified atom stereocenters. The van der Waals surface area contributed by atoms with E-state index in [-0.39, 0.29) is 6.54 Å². The van der Waals surface area contributed by atoms with Crippen molar-refractivity contribution in [2.45, 2.75) is 4.33 Å². The van der Waals surface area contributed by atoms with Crippen LogP contribution in [0.4, 0.5) is 0 Å². The van der Waals surface area contributed by atoms with Crippen LogP contribution in [0.2, 0.25) is 0 Å². The third kappa shape index (κ3) is 2.85. The number of benzene rings is 1. The molecule has 2 nitrogen and oxygen atoms in total. The standard InChI is InChI=1S/C9H7Cl2NO/c10-9(11,6-12-7-13)8-4-2-1-3-5-8/h1-5H,6H2. The first-order chi connectivity index (χ1) is 6.17. The minimum atomic E-state index is -1.14. The lowest BCUT2D eigenvalue weighted by atomic mass is 10.1. The van der Waals surface area contributed by atoms with E-state index in [9.17, 15) is 4.79 Å². The van der Waals surface area contributed by atoms with Gasteiger partial charge in [0.1, 0.15) is 0 Å². The molecule has 13 heavy (non-hydrogen) atoms. The molecule has 0 atom stereocenters. The number of carbonyl (C=O) groups excluding carboxylic acids is 1. The molecule has 0 aliphatic heterocycles. The molecule has 0 aliphatic carbocycles. The van der Waals surface area contributed by atoms with Gasteiger partial charge in [0.25, 0.3) is 0 Å². The number of rotatable bonds is 3. The van der Waals surface area contributed by atoms with Gasteiger partial charge in [-0.15, -0.1) is 0 Å². The zero-order chi connectivity index (χ0) is 9.73. The number of halogens is 2. The fourth-order valence-electron chi connectivity index (χ4n) is 0.905. The highest BCUT2D eigenvalue weighted by Crippen LogP contribution is 2.33. The van der Waals surface area contributed by atoms with Gasteiger partial charge in [0.15, 0.2) is 4.33 Å². The predicted molar refractivity (Wildman–Crippen MR) is 52.8 cm³/mol. The Hall–Kier alpha value is -0.820. The van der Waals surface area contributed by atoms with Crippen molar-refractivity contribution < 1.29 is 4.79 Å². The first-order valence-electron chi connectivity index (χ1n) is 3.64. The number of hydrogen-bond donors (Lipinski definition) is 0. The van der Waals surface area contributed by atoms with Crippen LogP contribution in [-0.2, 0) is 9.13 Å². The molecule has 1 aromatic carbocycles. The van der Waals surface area contributed by atoms with Gasteiger partial charge in [-0.1, -0.05) is 53.5 Å². The summed E-state index contributed by atoms with van der Waals surface area (Å²) in [5.74, 6) is 0. The summed E-state index contributed by atoms with van der Waals surface area (Å²) in [7, 11) is 0. The lowest BCUT2D eigenvalue weighted by molar-refractivity contribution is 0.562. The second kappa shape index (κ2) is 4.43. The first-order valence-corrected chi connectivity index (χ1v) is 4.39. The summed E-state index contributed by atoms with van der Waals surface area (Å²) < 4.78 is -1.14. The van der Waals surface area contributed by atoms with Crippen molar-refractivity contribution in [3.05, 3.63) is 35.9 Å². The van der Waals surface area contributed by atoms with Crippen LogP contribution in [0.1, 0.15) is 5.56 Å². The summed E-state index contributed by atoms with van der Waals surface area (Å²) in [6, 6.07) is 9.05. The second-order valence-electron chi connectivity index (χ2n) is 2.48. The van der Waals surface area contributed by atoms with E-state index in [4.69, 9.17) is 23.2 Å². The summed E-state index contributed by atoms with van der Waals surface area (Å²) in [5.41, 5.74) is 0.720. The van der Waals surface area contributed by atoms with Gasteiger partial charge in [0, 0.05) is 0 Å². The molecule has 0 saturated heterocycles. The molecule has 0 heterocycles. The van der Waals surface area contributed by atoms with E-state index in [1.165, 1.54) is 6.08 Å². The number of alkyl halides is 2. The predicted octanol–water partition coefficient (Wildman–Crippen LogP) is 2.65. The molecule has 68 valence electrons. The third-order valence-electron chi connectivity index (χ3n) is 1.54. The molecular formula is C9H7Cl2NO. The van der Waals surface area contributed by atoms with E-state index in [0.29, 0.717) is 0 Å². The fraction of sp³-hybridized carbons (Fsp3) is 0.222. The highest BCUT2D eigenvalue weighted by molar-refractivity contribution is 6.48. The van der Waals surface area contributed by atoms with Gasteiger partial charge in [-0.3, -0.25) is 0 Å². The maximum Gasteiger partial charge on any atom is 0.235 e. The SMILES string of the molecule is O=C=NCC(Cl)(Cl)c1ccccc1. The van der Waals surface area contributed by atoms with Crippen molar-refractivity contribution in [2.75, 3.05) is 6.54 Å². The van der Waals surface area contributed by atoms with Crippen molar-refractivity contribution in [1.29, 1.82) is 0 Å². The maximum absolute atomic E-state index is 9.87. The maximum atomic E-state index is 9.87. The molecule has 0 fully saturated rings. The Balaban J connectivity index is 2.87. The van der Waals surface area contributed by atoms with E-state index < -0.39 is 4.33 Å². The zero-order valence-electron chi connectivity index (χ0n) is 6.71. The molecule has 1 aromatic rings. The smallest absolute Gasteiger partial charge is 0.211 e. The highest BCUT2D eigenvalue weighted by Gasteiger charge is 2.25. The van der Waals surface area contributed by atoms with E-state index >= 15 is 0 Å². The molecule has 0 N–H and O–H groups in total. The number of aliphatic imine (C=N–C) groups is 1. The average molecular weight is 216 g/mol. The van der Waals surface area contributed by atoms with Crippen LogP contribution in [0.5, 0.6) is 0 Å². The van der Waals surface area contributed by atoms with Crippen molar-refractivity contribution in [3.63, 3.8) is 0 Å². The monoisotopic (exact) mass is 215 g/mol. The number of hydrogen-bond acceptors (Lipinski definition) is 2. The molecule has 0 bridgehead atoms. The van der Waals surface area contributed by atoms with Gasteiger partial charge >= 0.3 is 0 Å². The van der Waals surface area contributed by atoms with Crippen LogP contribution in [0, 0.1) is 0 Å². The van der Waals surface area contributed by atoms with Crippen molar-refractivity contribution in [1.82, 2.24) is 0 Å². The van der Waals surface area contributed by atoms with Crippen molar-refractivity contribution in [2.24, 2.45) is 4.99 Å². The summed E-state index contributed by atoms with van der Waals surface area (Å²) in [6.45, 7) is 0.0175. The highest BCUT2D eigenvalue weighted by atomic mass is 35.5. The zero-order valence-corrected chi connectivity index (χ0v) is 8.22. The Labute approximate surface area is 86.2 Å². The largest absolute Gasteiger partial charge is 0.235 e. The first kappa shape index (κ1) is 10.3. The van der Waals surface area contributed by atoms with Gasteiger partial charge in [-0.2, -0.15) is 0 Å². The van der Waals surface area contributed by atoms with E-state index in [1.54, 1.807) is 12.1 Å². The van der Waals surface area contributed by atoms with Crippen LogP contribution in [0.3, 0.4) is 0 Å². The van der Waals surface area contributed by atoms with Gasteiger partial charge in [-0.25, -0.2) is 9.79 Å². The van der Waals surface area contributed by atoms with E-state index in [0.717, 1.165) is 5.56 Å². The van der Waals surface area contributed by atoms with E-state index in [1.807, 2.05) is 18.2 Å². The Morgan fingerprint density at radius 2 is 1.92 bits per heavy atom. The molecule has 4 heteroatoms. The lowest BCUT2D eigenvalue weighted by Crippen LogP contribution is -2.14. The van der Waals surface area contributed by atoms with Crippen LogP contribution in [0.15, 0.2) is 35.3 Å². The number of nitrogens with zero attached hydrogens (tertiary/aromatic N) is 1. The topological polar surface area (TPSA) is 29.4 Å². The molecule has 0 spiro atoms. The Morgan fingerprint density at radius 3 is 2.46 bits per heavy atom. The fourth-order valence-corrected chi connectivity index (χ4v) is 1.28. The van der Waals surface area contributed by atoms with Crippen molar-refractivity contribution in [3.8, 4) is 0 Å². The molecule has 0 amide bonds. The molecule has 0 radical (unpaired) electrons. The van der Waals surface area contributed by atoms with Crippen molar-refractivity contribution >= 4 is 29.3 Å². The Bertz CT molecular complexity index is 318. The molecular weight excluding hydrogens is 209 g/mol. The minimum absolute atomic E-state index is 0.0175. The van der Waals surface area contributed by atoms with Gasteiger partial charge in [0.2, 0.25) is 6.08 Å². The van der Waals surface area contributed by atoms with E-state index in [2.05, 4.69) is 4.99 Å².